The number of carbonyl (C=O) groups excluding carboxylic acids is 3. The number of hydrogen-bond acceptors (Lipinski definition) is 4. The largest absolute Gasteiger partial charge is 0.344 e. The molecule has 0 aliphatic carbocycles. The van der Waals surface area contributed by atoms with E-state index in [1.165, 1.54) is 0 Å². The van der Waals surface area contributed by atoms with E-state index in [1.807, 2.05) is 74.5 Å². The standard InChI is InChI=1S/C23H25N5O3/c1-15(2)21(24-20(29)13-16-9-5-3-6-10-16)23(31)28-27-22(30)19-14-18(25-26-19)17-11-7-4-8-12-17/h3-12,14-15,21H,13H2,1-2H3,(H,24,29)(H,25,26)(H,27,30)(H,28,31)/t21-/m0/s1. The van der Waals surface area contributed by atoms with Gasteiger partial charge in [0.1, 0.15) is 11.7 Å². The second-order valence-corrected chi connectivity index (χ2v) is 7.43. The van der Waals surface area contributed by atoms with E-state index in [2.05, 4.69) is 26.4 Å². The number of carbonyl (C=O) groups is 3. The third-order valence-electron chi connectivity index (χ3n) is 4.66. The monoisotopic (exact) mass is 419 g/mol. The van der Waals surface area contributed by atoms with E-state index < -0.39 is 17.9 Å². The summed E-state index contributed by atoms with van der Waals surface area (Å²) in [4.78, 5) is 37.3. The van der Waals surface area contributed by atoms with Gasteiger partial charge in [-0.25, -0.2) is 0 Å². The average Bonchev–Trinajstić information content (AvgIpc) is 3.27. The van der Waals surface area contributed by atoms with Gasteiger partial charge in [-0.2, -0.15) is 5.10 Å². The molecule has 2 aromatic carbocycles. The SMILES string of the molecule is CC(C)[C@H](NC(=O)Cc1ccccc1)C(=O)NNC(=O)c1cc(-c2ccccc2)n[nH]1. The molecule has 4 N–H and O–H groups in total. The highest BCUT2D eigenvalue weighted by Gasteiger charge is 2.25. The summed E-state index contributed by atoms with van der Waals surface area (Å²) >= 11 is 0. The molecule has 3 rings (SSSR count). The third-order valence-corrected chi connectivity index (χ3v) is 4.66. The summed E-state index contributed by atoms with van der Waals surface area (Å²) in [6.07, 6.45) is 0.167. The van der Waals surface area contributed by atoms with Crippen LogP contribution in [0.1, 0.15) is 29.9 Å². The molecule has 0 aliphatic rings. The number of aromatic nitrogens is 2. The van der Waals surface area contributed by atoms with Gasteiger partial charge >= 0.3 is 0 Å². The van der Waals surface area contributed by atoms with Crippen LogP contribution >= 0.6 is 0 Å². The highest BCUT2D eigenvalue weighted by molar-refractivity contribution is 5.95. The molecule has 0 radical (unpaired) electrons. The Morgan fingerprint density at radius 3 is 2.23 bits per heavy atom. The highest BCUT2D eigenvalue weighted by atomic mass is 16.2. The van der Waals surface area contributed by atoms with Crippen LogP contribution in [0, 0.1) is 5.92 Å². The molecule has 0 aliphatic heterocycles. The van der Waals surface area contributed by atoms with E-state index in [4.69, 9.17) is 0 Å². The molecule has 3 amide bonds. The van der Waals surface area contributed by atoms with Crippen LogP contribution < -0.4 is 16.2 Å². The van der Waals surface area contributed by atoms with Gasteiger partial charge in [0.2, 0.25) is 5.91 Å². The predicted octanol–water partition coefficient (Wildman–Crippen LogP) is 2.22. The Labute approximate surface area is 180 Å². The molecule has 0 fully saturated rings. The van der Waals surface area contributed by atoms with E-state index in [0.717, 1.165) is 11.1 Å². The van der Waals surface area contributed by atoms with Crippen LogP contribution in [0.4, 0.5) is 0 Å². The lowest BCUT2D eigenvalue weighted by Crippen LogP contribution is -2.54. The van der Waals surface area contributed by atoms with E-state index in [0.29, 0.717) is 5.69 Å². The molecule has 8 heteroatoms. The topological polar surface area (TPSA) is 116 Å². The maximum Gasteiger partial charge on any atom is 0.287 e. The van der Waals surface area contributed by atoms with E-state index in [9.17, 15) is 14.4 Å². The minimum Gasteiger partial charge on any atom is -0.344 e. The number of benzene rings is 2. The van der Waals surface area contributed by atoms with Gasteiger partial charge in [0.05, 0.1) is 12.1 Å². The molecule has 0 unspecified atom stereocenters. The minimum absolute atomic E-state index is 0.167. The van der Waals surface area contributed by atoms with Gasteiger partial charge in [0.25, 0.3) is 11.8 Å². The summed E-state index contributed by atoms with van der Waals surface area (Å²) in [5.41, 5.74) is 7.27. The number of aromatic amines is 1. The summed E-state index contributed by atoms with van der Waals surface area (Å²) in [7, 11) is 0. The van der Waals surface area contributed by atoms with E-state index >= 15 is 0 Å². The second-order valence-electron chi connectivity index (χ2n) is 7.43. The van der Waals surface area contributed by atoms with Crippen molar-refractivity contribution in [2.24, 2.45) is 5.92 Å². The van der Waals surface area contributed by atoms with Crippen molar-refractivity contribution in [3.05, 3.63) is 78.0 Å². The predicted molar refractivity (Wildman–Crippen MR) is 117 cm³/mol. The zero-order chi connectivity index (χ0) is 22.2. The molecule has 31 heavy (non-hydrogen) atoms. The van der Waals surface area contributed by atoms with Crippen molar-refractivity contribution < 1.29 is 14.4 Å². The summed E-state index contributed by atoms with van der Waals surface area (Å²) in [5, 5.41) is 9.51. The molecule has 0 bridgehead atoms. The number of nitrogens with zero attached hydrogens (tertiary/aromatic N) is 1. The van der Waals surface area contributed by atoms with Crippen molar-refractivity contribution >= 4 is 17.7 Å². The van der Waals surface area contributed by atoms with Crippen LogP contribution in [0.25, 0.3) is 11.3 Å². The average molecular weight is 419 g/mol. The van der Waals surface area contributed by atoms with Crippen LogP contribution in [0.3, 0.4) is 0 Å². The van der Waals surface area contributed by atoms with Crippen molar-refractivity contribution in [2.75, 3.05) is 0 Å². The smallest absolute Gasteiger partial charge is 0.287 e. The zero-order valence-electron chi connectivity index (χ0n) is 17.4. The molecular weight excluding hydrogens is 394 g/mol. The lowest BCUT2D eigenvalue weighted by atomic mass is 10.0. The van der Waals surface area contributed by atoms with E-state index in [1.54, 1.807) is 6.07 Å². The number of nitrogens with one attached hydrogen (secondary N) is 4. The van der Waals surface area contributed by atoms with Crippen LogP contribution in [0.2, 0.25) is 0 Å². The van der Waals surface area contributed by atoms with Crippen LogP contribution in [0.15, 0.2) is 66.7 Å². The zero-order valence-corrected chi connectivity index (χ0v) is 17.4. The Morgan fingerprint density at radius 1 is 0.935 bits per heavy atom. The number of hydrazine groups is 1. The molecule has 160 valence electrons. The number of amides is 3. The Morgan fingerprint density at radius 2 is 1.58 bits per heavy atom. The first-order valence-corrected chi connectivity index (χ1v) is 9.98. The van der Waals surface area contributed by atoms with Crippen LogP contribution in [-0.4, -0.2) is 34.0 Å². The first kappa shape index (κ1) is 21.8. The lowest BCUT2D eigenvalue weighted by molar-refractivity contribution is -0.130. The minimum atomic E-state index is -0.793. The molecule has 3 aromatic rings. The normalized spacial score (nSPS) is 11.6. The molecule has 8 nitrogen and oxygen atoms in total. The second kappa shape index (κ2) is 10.2. The lowest BCUT2D eigenvalue weighted by Gasteiger charge is -2.21. The fourth-order valence-electron chi connectivity index (χ4n) is 3.00. The molecular formula is C23H25N5O3. The van der Waals surface area contributed by atoms with Gasteiger partial charge in [-0.05, 0) is 17.5 Å². The van der Waals surface area contributed by atoms with Crippen molar-refractivity contribution in [2.45, 2.75) is 26.3 Å². The highest BCUT2D eigenvalue weighted by Crippen LogP contribution is 2.16. The van der Waals surface area contributed by atoms with Crippen molar-refractivity contribution in [1.82, 2.24) is 26.4 Å². The molecule has 1 aromatic heterocycles. The maximum atomic E-state index is 12.6. The summed E-state index contributed by atoms with van der Waals surface area (Å²) < 4.78 is 0. The summed E-state index contributed by atoms with van der Waals surface area (Å²) in [6.45, 7) is 3.63. The molecule has 1 atom stereocenters. The summed E-state index contributed by atoms with van der Waals surface area (Å²) in [5.74, 6) is -1.49. The fourth-order valence-corrected chi connectivity index (χ4v) is 3.00. The molecule has 0 saturated carbocycles. The number of H-pyrrole nitrogens is 1. The van der Waals surface area contributed by atoms with Crippen molar-refractivity contribution in [1.29, 1.82) is 0 Å². The van der Waals surface area contributed by atoms with Crippen molar-refractivity contribution in [3.63, 3.8) is 0 Å². The number of rotatable bonds is 7. The van der Waals surface area contributed by atoms with E-state index in [-0.39, 0.29) is 23.9 Å². The quantitative estimate of drug-likeness (QED) is 0.440. The van der Waals surface area contributed by atoms with Gasteiger partial charge < -0.3 is 5.32 Å². The number of hydrogen-bond donors (Lipinski definition) is 4. The van der Waals surface area contributed by atoms with Crippen LogP contribution in [-0.2, 0) is 16.0 Å². The Balaban J connectivity index is 1.55. The first-order valence-electron chi connectivity index (χ1n) is 9.98. The van der Waals surface area contributed by atoms with Crippen molar-refractivity contribution in [3.8, 4) is 11.3 Å². The van der Waals surface area contributed by atoms with Gasteiger partial charge in [-0.15, -0.1) is 0 Å². The molecule has 0 spiro atoms. The molecule has 1 heterocycles. The Bertz CT molecular complexity index is 1030. The Hall–Kier alpha value is -3.94. The van der Waals surface area contributed by atoms with Gasteiger partial charge in [0, 0.05) is 5.56 Å². The van der Waals surface area contributed by atoms with Crippen LogP contribution in [0.5, 0.6) is 0 Å². The molecule has 0 saturated heterocycles. The van der Waals surface area contributed by atoms with Gasteiger partial charge in [-0.3, -0.25) is 30.3 Å². The van der Waals surface area contributed by atoms with Gasteiger partial charge in [0.15, 0.2) is 0 Å². The van der Waals surface area contributed by atoms with Gasteiger partial charge in [-0.1, -0.05) is 74.5 Å². The summed E-state index contributed by atoms with van der Waals surface area (Å²) in [6, 6.07) is 19.5. The third kappa shape index (κ3) is 6.02. The Kier molecular flexibility index (Phi) is 7.16. The first-order chi connectivity index (χ1) is 14.9. The maximum absolute atomic E-state index is 12.6. The fraction of sp³-hybridized carbons (Fsp3) is 0.217.